The van der Waals surface area contributed by atoms with Crippen LogP contribution in [0.3, 0.4) is 0 Å². The Morgan fingerprint density at radius 3 is 2.68 bits per heavy atom. The molecule has 2 aromatic rings. The fraction of sp³-hybridized carbons (Fsp3) is 0.440. The summed E-state index contributed by atoms with van der Waals surface area (Å²) in [6.45, 7) is 7.55. The van der Waals surface area contributed by atoms with E-state index in [0.29, 0.717) is 28.6 Å². The Morgan fingerprint density at radius 1 is 1.32 bits per heavy atom. The molecule has 2 atom stereocenters. The van der Waals surface area contributed by atoms with E-state index in [9.17, 15) is 18.0 Å². The highest BCUT2D eigenvalue weighted by Gasteiger charge is 2.42. The molecule has 0 saturated carbocycles. The number of ether oxygens (including phenoxy) is 1. The van der Waals surface area contributed by atoms with Crippen LogP contribution in [-0.2, 0) is 5.41 Å². The molecule has 1 aromatic heterocycles. The summed E-state index contributed by atoms with van der Waals surface area (Å²) in [5.74, 6) is -0.125. The number of benzene rings is 1. The van der Waals surface area contributed by atoms with Gasteiger partial charge in [-0.1, -0.05) is 13.0 Å². The van der Waals surface area contributed by atoms with Gasteiger partial charge in [0.05, 0.1) is 32.5 Å². The fourth-order valence-corrected chi connectivity index (χ4v) is 5.59. The van der Waals surface area contributed by atoms with Crippen LogP contribution in [-0.4, -0.2) is 33.9 Å². The lowest BCUT2D eigenvalue weighted by Gasteiger charge is -2.42. The predicted molar refractivity (Wildman–Crippen MR) is 127 cm³/mol. The third-order valence-corrected chi connectivity index (χ3v) is 7.48. The number of alkyl halides is 3. The van der Waals surface area contributed by atoms with Crippen molar-refractivity contribution in [3.8, 4) is 11.4 Å². The lowest BCUT2D eigenvalue weighted by atomic mass is 9.68. The van der Waals surface area contributed by atoms with Crippen molar-refractivity contribution < 1.29 is 22.7 Å². The molecular formula is C25H27BrF3N3O2. The Labute approximate surface area is 205 Å². The molecule has 182 valence electrons. The minimum absolute atomic E-state index is 0.137. The molecule has 4 rings (SSSR count). The van der Waals surface area contributed by atoms with Crippen LogP contribution >= 0.6 is 15.9 Å². The number of halogens is 4. The van der Waals surface area contributed by atoms with Crippen molar-refractivity contribution in [3.63, 3.8) is 0 Å². The SMILES string of the molecule is CC(=O)c1c(C2(C)C=CN(C)C3=C2CCCC3C)nn(-c2ccc(Br)c(OC(F)(F)F)c2)c1C. The Bertz CT molecular complexity index is 1210. The van der Waals surface area contributed by atoms with Gasteiger partial charge >= 0.3 is 6.36 Å². The topological polar surface area (TPSA) is 47.4 Å². The van der Waals surface area contributed by atoms with Crippen LogP contribution < -0.4 is 4.74 Å². The minimum Gasteiger partial charge on any atom is -0.405 e. The Hall–Kier alpha value is -2.55. The first-order valence-corrected chi connectivity index (χ1v) is 11.9. The number of ketones is 1. The van der Waals surface area contributed by atoms with E-state index in [2.05, 4.69) is 45.5 Å². The first kappa shape index (κ1) is 24.6. The van der Waals surface area contributed by atoms with Gasteiger partial charge in [-0.15, -0.1) is 13.2 Å². The van der Waals surface area contributed by atoms with Crippen molar-refractivity contribution in [2.45, 2.75) is 58.7 Å². The van der Waals surface area contributed by atoms with Crippen LogP contribution in [0.25, 0.3) is 5.69 Å². The van der Waals surface area contributed by atoms with E-state index in [1.807, 2.05) is 13.2 Å². The van der Waals surface area contributed by atoms with Crippen molar-refractivity contribution in [2.24, 2.45) is 5.92 Å². The highest BCUT2D eigenvalue weighted by atomic mass is 79.9. The largest absolute Gasteiger partial charge is 0.573 e. The van der Waals surface area contributed by atoms with E-state index in [1.165, 1.54) is 35.0 Å². The number of carbonyl (C=O) groups excluding carboxylic acids is 1. The maximum Gasteiger partial charge on any atom is 0.573 e. The summed E-state index contributed by atoms with van der Waals surface area (Å²) in [6, 6.07) is 4.39. The van der Waals surface area contributed by atoms with Crippen LogP contribution in [0.15, 0.2) is 46.2 Å². The summed E-state index contributed by atoms with van der Waals surface area (Å²) < 4.78 is 44.6. The summed E-state index contributed by atoms with van der Waals surface area (Å²) in [4.78, 5) is 15.0. The minimum atomic E-state index is -4.83. The summed E-state index contributed by atoms with van der Waals surface area (Å²) in [6.07, 6.45) is 2.31. The zero-order valence-electron chi connectivity index (χ0n) is 19.8. The second kappa shape index (κ2) is 8.59. The van der Waals surface area contributed by atoms with Gasteiger partial charge in [-0.05, 0) is 79.6 Å². The van der Waals surface area contributed by atoms with Crippen LogP contribution in [0.2, 0.25) is 0 Å². The molecule has 9 heteroatoms. The number of carbonyl (C=O) groups is 1. The zero-order valence-corrected chi connectivity index (χ0v) is 21.3. The Morgan fingerprint density at radius 2 is 2.03 bits per heavy atom. The van der Waals surface area contributed by atoms with E-state index in [1.54, 1.807) is 13.0 Å². The van der Waals surface area contributed by atoms with Gasteiger partial charge in [-0.2, -0.15) is 5.10 Å². The van der Waals surface area contributed by atoms with Crippen LogP contribution in [0.1, 0.15) is 61.8 Å². The van der Waals surface area contributed by atoms with Gasteiger partial charge in [-0.25, -0.2) is 4.68 Å². The standard InChI is InChI=1S/C25H27BrF3N3O2/c1-14-7-6-8-18-22(14)31(5)12-11-24(18,4)23-21(16(3)33)15(2)32(30-23)17-9-10-19(26)20(13-17)34-25(27,28)29/h9-14H,6-8H2,1-5H3. The predicted octanol–water partition coefficient (Wildman–Crippen LogP) is 6.84. The van der Waals surface area contributed by atoms with Gasteiger partial charge in [0, 0.05) is 25.0 Å². The lowest BCUT2D eigenvalue weighted by molar-refractivity contribution is -0.274. The van der Waals surface area contributed by atoms with Crippen LogP contribution in [0.5, 0.6) is 5.75 Å². The molecule has 0 saturated heterocycles. The average Bonchev–Trinajstić information content (AvgIpc) is 3.09. The zero-order chi connectivity index (χ0) is 25.0. The molecule has 2 unspecified atom stereocenters. The number of allylic oxidation sites excluding steroid dienone is 3. The van der Waals surface area contributed by atoms with Crippen molar-refractivity contribution in [3.05, 3.63) is 63.2 Å². The monoisotopic (exact) mass is 537 g/mol. The molecule has 0 radical (unpaired) electrons. The second-order valence-electron chi connectivity index (χ2n) is 9.23. The third kappa shape index (κ3) is 4.19. The summed E-state index contributed by atoms with van der Waals surface area (Å²) in [7, 11) is 2.03. The lowest BCUT2D eigenvalue weighted by Crippen LogP contribution is -2.36. The molecule has 0 amide bonds. The second-order valence-corrected chi connectivity index (χ2v) is 10.1. The highest BCUT2D eigenvalue weighted by Crippen LogP contribution is 2.47. The Kier molecular flexibility index (Phi) is 6.21. The molecule has 0 bridgehead atoms. The van der Waals surface area contributed by atoms with Gasteiger partial charge in [0.2, 0.25) is 0 Å². The first-order chi connectivity index (χ1) is 15.8. The molecule has 0 N–H and O–H groups in total. The van der Waals surface area contributed by atoms with E-state index < -0.39 is 11.8 Å². The number of hydrogen-bond acceptors (Lipinski definition) is 4. The fourth-order valence-electron chi connectivity index (χ4n) is 5.26. The smallest absolute Gasteiger partial charge is 0.405 e. The maximum atomic E-state index is 12.9. The summed E-state index contributed by atoms with van der Waals surface area (Å²) in [5, 5.41) is 4.84. The molecule has 1 aromatic carbocycles. The molecule has 1 aliphatic heterocycles. The van der Waals surface area contributed by atoms with Gasteiger partial charge < -0.3 is 9.64 Å². The summed E-state index contributed by atoms with van der Waals surface area (Å²) >= 11 is 3.11. The summed E-state index contributed by atoms with van der Waals surface area (Å²) in [5.41, 5.74) is 3.94. The van der Waals surface area contributed by atoms with Crippen LogP contribution in [0.4, 0.5) is 13.2 Å². The van der Waals surface area contributed by atoms with Crippen molar-refractivity contribution in [1.29, 1.82) is 0 Å². The van der Waals surface area contributed by atoms with Crippen LogP contribution in [0, 0.1) is 12.8 Å². The van der Waals surface area contributed by atoms with Crippen molar-refractivity contribution >= 4 is 21.7 Å². The number of hydrogen-bond donors (Lipinski definition) is 0. The molecule has 5 nitrogen and oxygen atoms in total. The average molecular weight is 538 g/mol. The van der Waals surface area contributed by atoms with E-state index in [4.69, 9.17) is 5.10 Å². The van der Waals surface area contributed by atoms with E-state index in [0.717, 1.165) is 19.3 Å². The van der Waals surface area contributed by atoms with Gasteiger partial charge in [0.1, 0.15) is 5.75 Å². The molecule has 34 heavy (non-hydrogen) atoms. The van der Waals surface area contributed by atoms with Crippen molar-refractivity contribution in [1.82, 2.24) is 14.7 Å². The Balaban J connectivity index is 1.90. The molecule has 0 fully saturated rings. The number of nitrogens with zero attached hydrogens (tertiary/aromatic N) is 3. The molecule has 2 heterocycles. The van der Waals surface area contributed by atoms with Gasteiger partial charge in [0.25, 0.3) is 0 Å². The first-order valence-electron chi connectivity index (χ1n) is 11.2. The molecule has 0 spiro atoms. The quantitative estimate of drug-likeness (QED) is 0.401. The van der Waals surface area contributed by atoms with Gasteiger partial charge in [-0.3, -0.25) is 4.79 Å². The number of Topliss-reactive ketones (excluding diaryl/α,β-unsaturated/α-hetero) is 1. The third-order valence-electron chi connectivity index (χ3n) is 6.82. The number of aromatic nitrogens is 2. The molecular weight excluding hydrogens is 511 g/mol. The molecule has 1 aliphatic carbocycles. The van der Waals surface area contributed by atoms with Gasteiger partial charge in [0.15, 0.2) is 5.78 Å². The molecule has 2 aliphatic rings. The van der Waals surface area contributed by atoms with E-state index in [-0.39, 0.29) is 16.0 Å². The van der Waals surface area contributed by atoms with Crippen molar-refractivity contribution in [2.75, 3.05) is 7.05 Å². The number of rotatable bonds is 4. The normalized spacial score (nSPS) is 22.7. The highest BCUT2D eigenvalue weighted by molar-refractivity contribution is 9.10. The van der Waals surface area contributed by atoms with E-state index >= 15 is 0 Å². The maximum absolute atomic E-state index is 12.9.